The number of H-pyrrole nitrogens is 1. The van der Waals surface area contributed by atoms with Crippen molar-refractivity contribution < 1.29 is 14.3 Å². The van der Waals surface area contributed by atoms with Gasteiger partial charge in [0.05, 0.1) is 6.20 Å². The number of imidazole rings is 1. The minimum atomic E-state index is -1.12. The van der Waals surface area contributed by atoms with Crippen LogP contribution in [0.25, 0.3) is 0 Å². The van der Waals surface area contributed by atoms with E-state index in [2.05, 4.69) is 9.97 Å². The molecule has 1 aromatic rings. The first kappa shape index (κ1) is 8.66. The molecular formula is C6H8FN3O2. The smallest absolute Gasteiger partial charge is 0.320 e. The van der Waals surface area contributed by atoms with Crippen LogP contribution in [0, 0.1) is 6.08 Å². The standard InChI is InChI=1S/C6H8FN3O2/c7-6-9-2-3(10-6)1-4(8)5(11)12/h2,4H,1,8H2,(H,9,10)(H,11,12)/t4-/m0/s1. The number of rotatable bonds is 3. The second kappa shape index (κ2) is 3.31. The number of carboxylic acids is 1. The van der Waals surface area contributed by atoms with Gasteiger partial charge in [-0.15, -0.1) is 0 Å². The fourth-order valence-electron chi connectivity index (χ4n) is 0.760. The summed E-state index contributed by atoms with van der Waals surface area (Å²) in [4.78, 5) is 15.8. The Morgan fingerprint density at radius 1 is 1.92 bits per heavy atom. The summed E-state index contributed by atoms with van der Waals surface area (Å²) in [6.07, 6.45) is 0.535. The Bertz CT molecular complexity index is 286. The van der Waals surface area contributed by atoms with E-state index in [0.29, 0.717) is 5.69 Å². The third-order valence-corrected chi connectivity index (χ3v) is 1.35. The molecule has 6 heteroatoms. The van der Waals surface area contributed by atoms with Crippen molar-refractivity contribution in [3.63, 3.8) is 0 Å². The summed E-state index contributed by atoms with van der Waals surface area (Å²) in [6, 6.07) is -1.02. The van der Waals surface area contributed by atoms with Gasteiger partial charge in [0.25, 0.3) is 6.08 Å². The van der Waals surface area contributed by atoms with Gasteiger partial charge in [0.1, 0.15) is 6.04 Å². The van der Waals surface area contributed by atoms with E-state index in [0.717, 1.165) is 0 Å². The molecule has 0 aliphatic carbocycles. The Morgan fingerprint density at radius 3 is 3.00 bits per heavy atom. The van der Waals surface area contributed by atoms with Gasteiger partial charge in [0.15, 0.2) is 0 Å². The zero-order valence-corrected chi connectivity index (χ0v) is 6.12. The number of aliphatic carboxylic acids is 1. The van der Waals surface area contributed by atoms with E-state index in [1.165, 1.54) is 6.20 Å². The molecule has 0 fully saturated rings. The van der Waals surface area contributed by atoms with Crippen LogP contribution in [0.5, 0.6) is 0 Å². The zero-order chi connectivity index (χ0) is 9.14. The van der Waals surface area contributed by atoms with E-state index in [4.69, 9.17) is 10.8 Å². The van der Waals surface area contributed by atoms with Crippen molar-refractivity contribution in [3.05, 3.63) is 18.0 Å². The lowest BCUT2D eigenvalue weighted by Gasteiger charge is -2.02. The third-order valence-electron chi connectivity index (χ3n) is 1.35. The maximum absolute atomic E-state index is 12.2. The maximum atomic E-state index is 12.2. The van der Waals surface area contributed by atoms with Gasteiger partial charge in [0, 0.05) is 12.1 Å². The van der Waals surface area contributed by atoms with Crippen LogP contribution in [0.3, 0.4) is 0 Å². The van der Waals surface area contributed by atoms with Crippen molar-refractivity contribution >= 4 is 5.97 Å². The van der Waals surface area contributed by atoms with Crippen LogP contribution in [0.4, 0.5) is 4.39 Å². The predicted octanol–water partition coefficient (Wildman–Crippen LogP) is -0.497. The van der Waals surface area contributed by atoms with E-state index in [9.17, 15) is 9.18 Å². The van der Waals surface area contributed by atoms with Crippen molar-refractivity contribution in [3.8, 4) is 0 Å². The Morgan fingerprint density at radius 2 is 2.58 bits per heavy atom. The lowest BCUT2D eigenvalue weighted by molar-refractivity contribution is -0.138. The second-order valence-electron chi connectivity index (χ2n) is 2.35. The van der Waals surface area contributed by atoms with Crippen molar-refractivity contribution in [2.45, 2.75) is 12.5 Å². The fourth-order valence-corrected chi connectivity index (χ4v) is 0.760. The molecule has 0 aliphatic rings. The molecule has 1 heterocycles. The lowest BCUT2D eigenvalue weighted by Crippen LogP contribution is -2.32. The van der Waals surface area contributed by atoms with E-state index in [1.54, 1.807) is 0 Å². The summed E-state index contributed by atoms with van der Waals surface area (Å²) < 4.78 is 12.2. The van der Waals surface area contributed by atoms with Crippen LogP contribution >= 0.6 is 0 Å². The molecule has 1 atom stereocenters. The van der Waals surface area contributed by atoms with Gasteiger partial charge < -0.3 is 15.8 Å². The molecule has 0 aliphatic heterocycles. The summed E-state index contributed by atoms with van der Waals surface area (Å²) in [6.45, 7) is 0. The summed E-state index contributed by atoms with van der Waals surface area (Å²) >= 11 is 0. The number of hydrogen-bond donors (Lipinski definition) is 3. The number of nitrogens with two attached hydrogens (primary N) is 1. The average molecular weight is 173 g/mol. The molecule has 0 radical (unpaired) electrons. The van der Waals surface area contributed by atoms with Crippen LogP contribution in [-0.4, -0.2) is 27.1 Å². The van der Waals surface area contributed by atoms with E-state index >= 15 is 0 Å². The number of nitrogens with zero attached hydrogens (tertiary/aromatic N) is 1. The summed E-state index contributed by atoms with van der Waals surface area (Å²) in [5, 5.41) is 8.40. The number of hydrogen-bond acceptors (Lipinski definition) is 3. The molecular weight excluding hydrogens is 165 g/mol. The molecule has 4 N–H and O–H groups in total. The molecule has 66 valence electrons. The lowest BCUT2D eigenvalue weighted by atomic mass is 10.2. The van der Waals surface area contributed by atoms with Crippen LogP contribution < -0.4 is 5.73 Å². The van der Waals surface area contributed by atoms with Gasteiger partial charge >= 0.3 is 5.97 Å². The highest BCUT2D eigenvalue weighted by molar-refractivity contribution is 5.73. The van der Waals surface area contributed by atoms with Crippen LogP contribution in [0.2, 0.25) is 0 Å². The van der Waals surface area contributed by atoms with Gasteiger partial charge in [-0.25, -0.2) is 4.98 Å². The zero-order valence-electron chi connectivity index (χ0n) is 6.12. The first-order valence-electron chi connectivity index (χ1n) is 3.27. The molecule has 12 heavy (non-hydrogen) atoms. The van der Waals surface area contributed by atoms with Gasteiger partial charge in [-0.05, 0) is 0 Å². The number of aromatic amines is 1. The number of carbonyl (C=O) groups is 1. The summed E-state index contributed by atoms with van der Waals surface area (Å²) in [5.41, 5.74) is 5.57. The molecule has 0 unspecified atom stereocenters. The van der Waals surface area contributed by atoms with E-state index in [1.807, 2.05) is 0 Å². The molecule has 0 amide bonds. The Balaban J connectivity index is 2.58. The number of nitrogens with one attached hydrogen (secondary N) is 1. The highest BCUT2D eigenvalue weighted by atomic mass is 19.1. The molecule has 0 saturated carbocycles. The third kappa shape index (κ3) is 2.03. The van der Waals surface area contributed by atoms with Crippen molar-refractivity contribution in [1.29, 1.82) is 0 Å². The summed E-state index contributed by atoms with van der Waals surface area (Å²) in [5.74, 6) is -1.12. The van der Waals surface area contributed by atoms with Crippen LogP contribution in [0.1, 0.15) is 5.69 Å². The Kier molecular flexibility index (Phi) is 2.39. The van der Waals surface area contributed by atoms with Gasteiger partial charge in [-0.1, -0.05) is 0 Å². The van der Waals surface area contributed by atoms with E-state index < -0.39 is 18.1 Å². The van der Waals surface area contributed by atoms with Crippen molar-refractivity contribution in [2.24, 2.45) is 5.73 Å². The highest BCUT2D eigenvalue weighted by Crippen LogP contribution is 1.98. The topological polar surface area (TPSA) is 92.0 Å². The maximum Gasteiger partial charge on any atom is 0.320 e. The molecule has 0 spiro atoms. The SMILES string of the molecule is N[C@@H](Cc1cnc(F)[nH]1)C(=O)O. The molecule has 1 rings (SSSR count). The average Bonchev–Trinajstić information content (AvgIpc) is 2.35. The second-order valence-corrected chi connectivity index (χ2v) is 2.35. The normalized spacial score (nSPS) is 12.8. The van der Waals surface area contributed by atoms with E-state index in [-0.39, 0.29) is 6.42 Å². The minimum Gasteiger partial charge on any atom is -0.480 e. The molecule has 0 saturated heterocycles. The van der Waals surface area contributed by atoms with Crippen LogP contribution in [0.15, 0.2) is 6.20 Å². The Hall–Kier alpha value is -1.43. The van der Waals surface area contributed by atoms with Gasteiger partial charge in [-0.3, -0.25) is 4.79 Å². The first-order chi connectivity index (χ1) is 5.59. The molecule has 5 nitrogen and oxygen atoms in total. The van der Waals surface area contributed by atoms with Crippen LogP contribution in [-0.2, 0) is 11.2 Å². The number of halogens is 1. The molecule has 0 bridgehead atoms. The van der Waals surface area contributed by atoms with Crippen molar-refractivity contribution in [2.75, 3.05) is 0 Å². The monoisotopic (exact) mass is 173 g/mol. The summed E-state index contributed by atoms with van der Waals surface area (Å²) in [7, 11) is 0. The van der Waals surface area contributed by atoms with Crippen molar-refractivity contribution in [1.82, 2.24) is 9.97 Å². The minimum absolute atomic E-state index is 0.0479. The predicted molar refractivity (Wildman–Crippen MR) is 37.9 cm³/mol. The fraction of sp³-hybridized carbons (Fsp3) is 0.333. The quantitative estimate of drug-likeness (QED) is 0.574. The molecule has 0 aromatic carbocycles. The van der Waals surface area contributed by atoms with Gasteiger partial charge in [-0.2, -0.15) is 4.39 Å². The number of carboxylic acid groups (broad SMARTS) is 1. The Labute approximate surface area is 67.4 Å². The molecule has 1 aromatic heterocycles. The first-order valence-corrected chi connectivity index (χ1v) is 3.27. The largest absolute Gasteiger partial charge is 0.480 e. The van der Waals surface area contributed by atoms with Gasteiger partial charge in [0.2, 0.25) is 0 Å². The highest BCUT2D eigenvalue weighted by Gasteiger charge is 2.13. The number of aromatic nitrogens is 2.